The predicted molar refractivity (Wildman–Crippen MR) is 67.0 cm³/mol. The molecule has 1 aromatic rings. The van der Waals surface area contributed by atoms with E-state index in [1.54, 1.807) is 0 Å². The van der Waals surface area contributed by atoms with Crippen LogP contribution in [-0.4, -0.2) is 26.5 Å². The maximum absolute atomic E-state index is 11.4. The van der Waals surface area contributed by atoms with Gasteiger partial charge in [-0.3, -0.25) is 15.0 Å². The second-order valence-corrected chi connectivity index (χ2v) is 5.60. The summed E-state index contributed by atoms with van der Waals surface area (Å²) < 4.78 is 22.8. The Bertz CT molecular complexity index is 595. The molecule has 1 aliphatic rings. The van der Waals surface area contributed by atoms with Gasteiger partial charge in [-0.2, -0.15) is 0 Å². The van der Waals surface area contributed by atoms with Gasteiger partial charge in [0.25, 0.3) is 0 Å². The Kier molecular flexibility index (Phi) is 3.69. The summed E-state index contributed by atoms with van der Waals surface area (Å²) in [5.74, 6) is 0. The highest BCUT2D eigenvalue weighted by Gasteiger charge is 2.30. The van der Waals surface area contributed by atoms with Crippen LogP contribution < -0.4 is 10.2 Å². The van der Waals surface area contributed by atoms with E-state index in [9.17, 15) is 18.5 Å². The van der Waals surface area contributed by atoms with Crippen LogP contribution in [0, 0.1) is 10.1 Å². The minimum Gasteiger partial charge on any atom is -0.273 e. The lowest BCUT2D eigenvalue weighted by Crippen LogP contribution is -2.30. The Morgan fingerprint density at radius 2 is 2.11 bits per heavy atom. The number of nitro benzene ring substituents is 1. The van der Waals surface area contributed by atoms with Crippen LogP contribution in [-0.2, 0) is 14.9 Å². The Morgan fingerprint density at radius 1 is 1.37 bits per heavy atom. The second kappa shape index (κ2) is 5.11. The summed E-state index contributed by atoms with van der Waals surface area (Å²) in [4.78, 5) is 15.2. The van der Waals surface area contributed by atoms with Gasteiger partial charge in [-0.15, -0.1) is 0 Å². The summed E-state index contributed by atoms with van der Waals surface area (Å²) in [7, 11) is -4.16. The Morgan fingerprint density at radius 3 is 2.63 bits per heavy atom. The second-order valence-electron chi connectivity index (χ2n) is 4.07. The molecule has 0 atom stereocenters. The maximum atomic E-state index is 11.4. The van der Waals surface area contributed by atoms with E-state index >= 15 is 0 Å². The largest absolute Gasteiger partial charge is 0.314 e. The number of sulfonamides is 1. The summed E-state index contributed by atoms with van der Waals surface area (Å²) in [5, 5.41) is 17.5. The first-order valence-corrected chi connectivity index (χ1v) is 7.16. The highest BCUT2D eigenvalue weighted by atomic mass is 32.2. The number of rotatable bonds is 3. The average molecular weight is 287 g/mol. The highest BCUT2D eigenvalue weighted by molar-refractivity contribution is 7.89. The van der Waals surface area contributed by atoms with Gasteiger partial charge in [-0.05, 0) is 25.0 Å². The van der Waals surface area contributed by atoms with Crippen LogP contribution in [0.4, 0.5) is 11.4 Å². The van der Waals surface area contributed by atoms with Crippen molar-refractivity contribution in [1.29, 1.82) is 0 Å². The van der Waals surface area contributed by atoms with Gasteiger partial charge in [0.1, 0.15) is 5.69 Å². The van der Waals surface area contributed by atoms with Crippen LogP contribution in [0.25, 0.3) is 0 Å². The SMILES string of the molecule is NS(=O)(=O)c1cccc(N2CCCCO2)c1[N+](=O)[O-]. The minimum absolute atomic E-state index is 0.108. The van der Waals surface area contributed by atoms with E-state index in [0.717, 1.165) is 18.9 Å². The zero-order valence-corrected chi connectivity index (χ0v) is 10.8. The fraction of sp³-hybridized carbons (Fsp3) is 0.400. The molecule has 2 rings (SSSR count). The number of nitrogens with two attached hydrogens (primary N) is 1. The van der Waals surface area contributed by atoms with Crippen molar-refractivity contribution in [3.05, 3.63) is 28.3 Å². The third kappa shape index (κ3) is 2.83. The Balaban J connectivity index is 2.57. The smallest absolute Gasteiger partial charge is 0.273 e. The molecule has 9 heteroatoms. The van der Waals surface area contributed by atoms with Crippen molar-refractivity contribution in [2.45, 2.75) is 17.7 Å². The molecule has 0 spiro atoms. The monoisotopic (exact) mass is 287 g/mol. The van der Waals surface area contributed by atoms with Crippen molar-refractivity contribution < 1.29 is 18.2 Å². The normalized spacial score (nSPS) is 16.4. The maximum Gasteiger partial charge on any atom is 0.314 e. The van der Waals surface area contributed by atoms with Crippen LogP contribution in [0.2, 0.25) is 0 Å². The van der Waals surface area contributed by atoms with E-state index in [4.69, 9.17) is 9.98 Å². The Hall–Kier alpha value is -1.71. The van der Waals surface area contributed by atoms with E-state index in [2.05, 4.69) is 0 Å². The minimum atomic E-state index is -4.16. The van der Waals surface area contributed by atoms with Gasteiger partial charge in [-0.1, -0.05) is 6.07 Å². The predicted octanol–water partition coefficient (Wildman–Crippen LogP) is 0.774. The average Bonchev–Trinajstić information content (AvgIpc) is 2.37. The number of benzene rings is 1. The highest BCUT2D eigenvalue weighted by Crippen LogP contribution is 2.35. The zero-order chi connectivity index (χ0) is 14.0. The van der Waals surface area contributed by atoms with E-state index < -0.39 is 25.5 Å². The molecular formula is C10H13N3O5S. The lowest BCUT2D eigenvalue weighted by Gasteiger charge is -2.27. The number of hydroxylamine groups is 1. The zero-order valence-electron chi connectivity index (χ0n) is 9.98. The number of primary sulfonamides is 1. The number of nitrogens with zero attached hydrogens (tertiary/aromatic N) is 2. The van der Waals surface area contributed by atoms with Crippen LogP contribution in [0.1, 0.15) is 12.8 Å². The lowest BCUT2D eigenvalue weighted by atomic mass is 10.2. The van der Waals surface area contributed by atoms with Gasteiger partial charge in [-0.25, -0.2) is 18.6 Å². The third-order valence-corrected chi connectivity index (χ3v) is 3.68. The molecule has 0 amide bonds. The number of nitro groups is 1. The van der Waals surface area contributed by atoms with E-state index in [-0.39, 0.29) is 5.69 Å². The molecule has 0 aromatic heterocycles. The topological polar surface area (TPSA) is 116 Å². The summed E-state index contributed by atoms with van der Waals surface area (Å²) in [6, 6.07) is 3.96. The first-order chi connectivity index (χ1) is 8.91. The molecule has 1 aromatic carbocycles. The first kappa shape index (κ1) is 13.7. The summed E-state index contributed by atoms with van der Waals surface area (Å²) in [5.41, 5.74) is -0.442. The molecule has 0 saturated carbocycles. The van der Waals surface area contributed by atoms with Crippen molar-refractivity contribution in [2.75, 3.05) is 18.2 Å². The molecular weight excluding hydrogens is 274 g/mol. The van der Waals surface area contributed by atoms with Crippen LogP contribution in [0.15, 0.2) is 23.1 Å². The van der Waals surface area contributed by atoms with Crippen molar-refractivity contribution in [3.8, 4) is 0 Å². The van der Waals surface area contributed by atoms with Gasteiger partial charge < -0.3 is 0 Å². The number of anilines is 1. The summed E-state index contributed by atoms with van der Waals surface area (Å²) >= 11 is 0. The summed E-state index contributed by atoms with van der Waals surface area (Å²) in [6.07, 6.45) is 1.68. The van der Waals surface area contributed by atoms with Crippen LogP contribution in [0.3, 0.4) is 0 Å². The molecule has 1 aliphatic heterocycles. The van der Waals surface area contributed by atoms with Crippen LogP contribution in [0.5, 0.6) is 0 Å². The van der Waals surface area contributed by atoms with Gasteiger partial charge in [0, 0.05) is 6.54 Å². The molecule has 0 unspecified atom stereocenters. The standard InChI is InChI=1S/C10H13N3O5S/c11-19(16,17)9-5-3-4-8(10(9)13(14)15)12-6-1-2-7-18-12/h3-5H,1-2,6-7H2,(H2,11,16,17). The molecule has 0 bridgehead atoms. The quantitative estimate of drug-likeness (QED) is 0.648. The Labute approximate surface area is 109 Å². The van der Waals surface area contributed by atoms with Gasteiger partial charge in [0.05, 0.1) is 11.5 Å². The van der Waals surface area contributed by atoms with E-state index in [1.165, 1.54) is 17.2 Å². The molecule has 1 heterocycles. The fourth-order valence-corrected chi connectivity index (χ4v) is 2.63. The van der Waals surface area contributed by atoms with Crippen molar-refractivity contribution >= 4 is 21.4 Å². The summed E-state index contributed by atoms with van der Waals surface area (Å²) in [6.45, 7) is 0.908. The number of para-hydroxylation sites is 1. The van der Waals surface area contributed by atoms with Gasteiger partial charge >= 0.3 is 5.69 Å². The van der Waals surface area contributed by atoms with Crippen molar-refractivity contribution in [3.63, 3.8) is 0 Å². The van der Waals surface area contributed by atoms with Crippen LogP contribution >= 0.6 is 0 Å². The molecule has 0 aliphatic carbocycles. The fourth-order valence-electron chi connectivity index (χ4n) is 1.91. The number of hydrogen-bond donors (Lipinski definition) is 1. The molecule has 0 radical (unpaired) electrons. The number of hydrogen-bond acceptors (Lipinski definition) is 6. The van der Waals surface area contributed by atoms with E-state index in [0.29, 0.717) is 13.2 Å². The molecule has 2 N–H and O–H groups in total. The molecule has 104 valence electrons. The third-order valence-electron chi connectivity index (χ3n) is 2.74. The van der Waals surface area contributed by atoms with Gasteiger partial charge in [0.2, 0.25) is 10.0 Å². The molecule has 19 heavy (non-hydrogen) atoms. The van der Waals surface area contributed by atoms with Gasteiger partial charge in [0.15, 0.2) is 4.90 Å². The molecule has 1 fully saturated rings. The lowest BCUT2D eigenvalue weighted by molar-refractivity contribution is -0.387. The molecule has 8 nitrogen and oxygen atoms in total. The van der Waals surface area contributed by atoms with Crippen molar-refractivity contribution in [1.82, 2.24) is 0 Å². The first-order valence-electron chi connectivity index (χ1n) is 5.62. The van der Waals surface area contributed by atoms with E-state index in [1.807, 2.05) is 0 Å². The van der Waals surface area contributed by atoms with Crippen molar-refractivity contribution in [2.24, 2.45) is 5.14 Å². The molecule has 1 saturated heterocycles.